The molecular weight excluding hydrogens is 316 g/mol. The Balaban J connectivity index is 2.32. The second kappa shape index (κ2) is 9.59. The van der Waals surface area contributed by atoms with E-state index in [4.69, 9.17) is 13.9 Å². The topological polar surface area (TPSA) is 27.7 Å². The van der Waals surface area contributed by atoms with Crippen molar-refractivity contribution in [3.8, 4) is 5.75 Å². The summed E-state index contributed by atoms with van der Waals surface area (Å²) in [6.07, 6.45) is 3.46. The van der Waals surface area contributed by atoms with Crippen LogP contribution in [0.2, 0.25) is 18.1 Å². The number of hydrogen-bond acceptors (Lipinski definition) is 3. The Morgan fingerprint density at radius 2 is 1.71 bits per heavy atom. The van der Waals surface area contributed by atoms with Crippen molar-refractivity contribution in [2.24, 2.45) is 0 Å². The van der Waals surface area contributed by atoms with Crippen molar-refractivity contribution in [3.63, 3.8) is 0 Å². The summed E-state index contributed by atoms with van der Waals surface area (Å²) in [5, 5.41) is 0.280. The van der Waals surface area contributed by atoms with Crippen molar-refractivity contribution in [2.75, 3.05) is 13.7 Å². The molecule has 4 heteroatoms. The lowest BCUT2D eigenvalue weighted by Crippen LogP contribution is -2.41. The van der Waals surface area contributed by atoms with Crippen LogP contribution in [0, 0.1) is 0 Å². The summed E-state index contributed by atoms with van der Waals surface area (Å²) in [6.45, 7) is 15.2. The molecule has 0 aliphatic heterocycles. The standard InChI is InChI=1S/C20H36O3Si/c1-8-18(10-9-15-23-24(6,7)20(2,3)4)22-16-17-11-13-19(21-5)14-12-17/h11-14,18H,8-10,15-16H2,1-7H3/t18-/m0/s1. The molecule has 1 atom stereocenters. The van der Waals surface area contributed by atoms with Gasteiger partial charge in [-0.3, -0.25) is 0 Å². The lowest BCUT2D eigenvalue weighted by Gasteiger charge is -2.36. The van der Waals surface area contributed by atoms with Crippen molar-refractivity contribution in [1.29, 1.82) is 0 Å². The highest BCUT2D eigenvalue weighted by Crippen LogP contribution is 2.36. The van der Waals surface area contributed by atoms with Gasteiger partial charge in [0.25, 0.3) is 0 Å². The number of benzene rings is 1. The van der Waals surface area contributed by atoms with Gasteiger partial charge in [-0.15, -0.1) is 0 Å². The van der Waals surface area contributed by atoms with Crippen LogP contribution in [0.4, 0.5) is 0 Å². The molecule has 0 aliphatic rings. The van der Waals surface area contributed by atoms with Gasteiger partial charge in [-0.25, -0.2) is 0 Å². The van der Waals surface area contributed by atoms with Crippen LogP contribution in [0.3, 0.4) is 0 Å². The van der Waals surface area contributed by atoms with Crippen LogP contribution in [0.1, 0.15) is 52.5 Å². The van der Waals surface area contributed by atoms with E-state index >= 15 is 0 Å². The van der Waals surface area contributed by atoms with Gasteiger partial charge < -0.3 is 13.9 Å². The van der Waals surface area contributed by atoms with Crippen LogP contribution in [0.5, 0.6) is 5.75 Å². The van der Waals surface area contributed by atoms with Gasteiger partial charge in [0, 0.05) is 6.61 Å². The smallest absolute Gasteiger partial charge is 0.191 e. The molecule has 0 bridgehead atoms. The van der Waals surface area contributed by atoms with E-state index in [0.29, 0.717) is 12.7 Å². The molecule has 0 saturated carbocycles. The zero-order chi connectivity index (χ0) is 18.2. The molecule has 3 nitrogen and oxygen atoms in total. The first-order valence-corrected chi connectivity index (χ1v) is 12.0. The van der Waals surface area contributed by atoms with Crippen LogP contribution >= 0.6 is 0 Å². The van der Waals surface area contributed by atoms with Crippen LogP contribution in [-0.4, -0.2) is 28.1 Å². The van der Waals surface area contributed by atoms with Crippen molar-refractivity contribution >= 4 is 8.32 Å². The van der Waals surface area contributed by atoms with Gasteiger partial charge in [0.2, 0.25) is 0 Å². The molecule has 0 spiro atoms. The largest absolute Gasteiger partial charge is 0.497 e. The Labute approximate surface area is 149 Å². The molecule has 1 aromatic rings. The predicted molar refractivity (Wildman–Crippen MR) is 104 cm³/mol. The zero-order valence-electron chi connectivity index (χ0n) is 16.6. The summed E-state index contributed by atoms with van der Waals surface area (Å²) in [6, 6.07) is 8.08. The maximum absolute atomic E-state index is 6.25. The van der Waals surface area contributed by atoms with Crippen LogP contribution in [-0.2, 0) is 15.8 Å². The second-order valence-corrected chi connectivity index (χ2v) is 12.7. The minimum absolute atomic E-state index is 0.280. The summed E-state index contributed by atoms with van der Waals surface area (Å²) in [7, 11) is 0.0650. The average Bonchev–Trinajstić information content (AvgIpc) is 2.53. The predicted octanol–water partition coefficient (Wildman–Crippen LogP) is 5.79. The van der Waals surface area contributed by atoms with Crippen molar-refractivity contribution < 1.29 is 13.9 Å². The zero-order valence-corrected chi connectivity index (χ0v) is 17.6. The molecule has 0 aliphatic carbocycles. The van der Waals surface area contributed by atoms with Gasteiger partial charge in [0.05, 0.1) is 19.8 Å². The van der Waals surface area contributed by atoms with E-state index in [-0.39, 0.29) is 5.04 Å². The number of rotatable bonds is 10. The molecule has 0 aromatic heterocycles. The maximum Gasteiger partial charge on any atom is 0.191 e. The summed E-state index contributed by atoms with van der Waals surface area (Å²) in [5.74, 6) is 0.883. The SMILES string of the molecule is CC[C@@H](CCCO[Si](C)(C)C(C)(C)C)OCc1ccc(OC)cc1. The Kier molecular flexibility index (Phi) is 8.47. The fourth-order valence-electron chi connectivity index (χ4n) is 2.20. The Morgan fingerprint density at radius 3 is 2.21 bits per heavy atom. The van der Waals surface area contributed by atoms with E-state index < -0.39 is 8.32 Å². The fourth-order valence-corrected chi connectivity index (χ4v) is 3.28. The highest BCUT2D eigenvalue weighted by molar-refractivity contribution is 6.74. The molecule has 1 aromatic carbocycles. The minimum Gasteiger partial charge on any atom is -0.497 e. The second-order valence-electron chi connectivity index (χ2n) is 7.94. The number of methoxy groups -OCH3 is 1. The summed E-state index contributed by atoms with van der Waals surface area (Å²) in [4.78, 5) is 0. The molecule has 1 rings (SSSR count). The van der Waals surface area contributed by atoms with E-state index in [0.717, 1.165) is 31.6 Å². The Bertz CT molecular complexity index is 463. The molecule has 138 valence electrons. The molecule has 0 saturated heterocycles. The van der Waals surface area contributed by atoms with E-state index in [1.54, 1.807) is 7.11 Å². The highest BCUT2D eigenvalue weighted by Gasteiger charge is 2.36. The highest BCUT2D eigenvalue weighted by atomic mass is 28.4. The third-order valence-corrected chi connectivity index (χ3v) is 9.58. The van der Waals surface area contributed by atoms with E-state index in [1.165, 1.54) is 5.56 Å². The monoisotopic (exact) mass is 352 g/mol. The average molecular weight is 353 g/mol. The Hall–Kier alpha value is -0.843. The maximum atomic E-state index is 6.25. The first kappa shape index (κ1) is 21.2. The van der Waals surface area contributed by atoms with Gasteiger partial charge in [-0.1, -0.05) is 39.8 Å². The van der Waals surface area contributed by atoms with Gasteiger partial charge in [0.15, 0.2) is 8.32 Å². The first-order valence-electron chi connectivity index (χ1n) is 9.08. The molecule has 0 radical (unpaired) electrons. The molecular formula is C20H36O3Si. The molecule has 0 heterocycles. The molecule has 24 heavy (non-hydrogen) atoms. The van der Waals surface area contributed by atoms with E-state index in [2.05, 4.69) is 52.9 Å². The minimum atomic E-state index is -1.62. The number of ether oxygens (including phenoxy) is 2. The molecule has 0 N–H and O–H groups in total. The number of hydrogen-bond donors (Lipinski definition) is 0. The Morgan fingerprint density at radius 1 is 1.08 bits per heavy atom. The van der Waals surface area contributed by atoms with Gasteiger partial charge in [-0.05, 0) is 55.1 Å². The molecule has 0 unspecified atom stereocenters. The van der Waals surface area contributed by atoms with Crippen molar-refractivity contribution in [3.05, 3.63) is 29.8 Å². The molecule has 0 fully saturated rings. The van der Waals surface area contributed by atoms with Gasteiger partial charge in [-0.2, -0.15) is 0 Å². The van der Waals surface area contributed by atoms with Gasteiger partial charge in [0.1, 0.15) is 5.75 Å². The van der Waals surface area contributed by atoms with Gasteiger partial charge >= 0.3 is 0 Å². The molecule has 0 amide bonds. The third kappa shape index (κ3) is 6.95. The third-order valence-electron chi connectivity index (χ3n) is 5.04. The quantitative estimate of drug-likeness (QED) is 0.394. The van der Waals surface area contributed by atoms with Crippen LogP contribution in [0.15, 0.2) is 24.3 Å². The summed E-state index contributed by atoms with van der Waals surface area (Å²) < 4.78 is 17.5. The summed E-state index contributed by atoms with van der Waals surface area (Å²) >= 11 is 0. The lowest BCUT2D eigenvalue weighted by atomic mass is 10.1. The van der Waals surface area contributed by atoms with Crippen molar-refractivity contribution in [2.45, 2.75) is 77.8 Å². The lowest BCUT2D eigenvalue weighted by molar-refractivity contribution is 0.0287. The summed E-state index contributed by atoms with van der Waals surface area (Å²) in [5.41, 5.74) is 1.19. The fraction of sp³-hybridized carbons (Fsp3) is 0.700. The normalized spacial score (nSPS) is 13.8. The van der Waals surface area contributed by atoms with Crippen LogP contribution < -0.4 is 4.74 Å². The first-order chi connectivity index (χ1) is 11.2. The van der Waals surface area contributed by atoms with E-state index in [1.807, 2.05) is 12.1 Å². The van der Waals surface area contributed by atoms with Crippen molar-refractivity contribution in [1.82, 2.24) is 0 Å². The van der Waals surface area contributed by atoms with E-state index in [9.17, 15) is 0 Å². The van der Waals surface area contributed by atoms with Crippen LogP contribution in [0.25, 0.3) is 0 Å².